The Balaban J connectivity index is 1.64. The van der Waals surface area contributed by atoms with Gasteiger partial charge in [-0.2, -0.15) is 10.4 Å². The number of rotatable bonds is 1. The van der Waals surface area contributed by atoms with Crippen LogP contribution in [0.5, 0.6) is 0 Å². The van der Waals surface area contributed by atoms with E-state index in [-0.39, 0.29) is 11.1 Å². The average molecular weight is 386 g/mol. The highest BCUT2D eigenvalue weighted by atomic mass is 19.1. The highest BCUT2D eigenvalue weighted by Crippen LogP contribution is 2.67. The quantitative estimate of drug-likeness (QED) is 0.635. The van der Waals surface area contributed by atoms with Crippen molar-refractivity contribution in [2.75, 3.05) is 11.9 Å². The summed E-state index contributed by atoms with van der Waals surface area (Å²) in [5.74, 6) is 1.82. The molecule has 0 radical (unpaired) electrons. The Morgan fingerprint density at radius 1 is 1.24 bits per heavy atom. The van der Waals surface area contributed by atoms with Crippen LogP contribution in [0.3, 0.4) is 0 Å². The molecule has 5 heteroatoms. The summed E-state index contributed by atoms with van der Waals surface area (Å²) < 4.78 is 14.1. The lowest BCUT2D eigenvalue weighted by Gasteiger charge is -2.55. The fourth-order valence-corrected chi connectivity index (χ4v) is 6.97. The van der Waals surface area contributed by atoms with E-state index < -0.39 is 5.82 Å². The first-order chi connectivity index (χ1) is 14.0. The molecule has 2 heterocycles. The van der Waals surface area contributed by atoms with E-state index in [4.69, 9.17) is 0 Å². The van der Waals surface area contributed by atoms with Crippen LogP contribution in [0.25, 0.3) is 10.9 Å². The topological polar surface area (TPSA) is 55.7 Å². The predicted molar refractivity (Wildman–Crippen MR) is 110 cm³/mol. The number of hydrogen-bond acceptors (Lipinski definition) is 3. The Labute approximate surface area is 169 Å². The lowest BCUT2D eigenvalue weighted by molar-refractivity contribution is 0.158. The third kappa shape index (κ3) is 1.99. The van der Waals surface area contributed by atoms with Crippen molar-refractivity contribution in [3.05, 3.63) is 59.0 Å². The van der Waals surface area contributed by atoms with Crippen LogP contribution in [0, 0.1) is 34.9 Å². The van der Waals surface area contributed by atoms with Crippen molar-refractivity contribution < 1.29 is 4.39 Å². The van der Waals surface area contributed by atoms with Gasteiger partial charge in [-0.15, -0.1) is 0 Å². The van der Waals surface area contributed by atoms with Crippen molar-refractivity contribution in [3.63, 3.8) is 0 Å². The van der Waals surface area contributed by atoms with Gasteiger partial charge in [-0.25, -0.2) is 4.39 Å². The van der Waals surface area contributed by atoms with Crippen molar-refractivity contribution >= 4 is 16.6 Å². The molecule has 1 aromatic heterocycles. The number of nitriles is 1. The number of aromatic amines is 1. The number of anilines is 1. The smallest absolute Gasteiger partial charge is 0.140 e. The molecule has 6 rings (SSSR count). The van der Waals surface area contributed by atoms with Crippen LogP contribution < -0.4 is 4.90 Å². The maximum Gasteiger partial charge on any atom is 0.140 e. The van der Waals surface area contributed by atoms with Crippen molar-refractivity contribution in [3.8, 4) is 6.07 Å². The van der Waals surface area contributed by atoms with E-state index in [0.717, 1.165) is 11.1 Å². The Morgan fingerprint density at radius 3 is 2.90 bits per heavy atom. The van der Waals surface area contributed by atoms with Gasteiger partial charge in [0.05, 0.1) is 22.8 Å². The molecule has 2 unspecified atom stereocenters. The summed E-state index contributed by atoms with van der Waals surface area (Å²) >= 11 is 0. The second-order valence-corrected chi connectivity index (χ2v) is 9.23. The molecular weight excluding hydrogens is 363 g/mol. The molecule has 2 bridgehead atoms. The van der Waals surface area contributed by atoms with Gasteiger partial charge < -0.3 is 4.90 Å². The monoisotopic (exact) mass is 386 g/mol. The molecule has 0 amide bonds. The number of hydrogen-bond donors (Lipinski definition) is 1. The van der Waals surface area contributed by atoms with Gasteiger partial charge in [-0.1, -0.05) is 6.07 Å². The van der Waals surface area contributed by atoms with E-state index in [1.807, 2.05) is 18.3 Å². The summed E-state index contributed by atoms with van der Waals surface area (Å²) in [4.78, 5) is 2.38. The molecule has 146 valence electrons. The first-order valence-corrected chi connectivity index (χ1v) is 10.4. The first kappa shape index (κ1) is 17.0. The molecule has 3 aliphatic rings. The zero-order valence-corrected chi connectivity index (χ0v) is 16.6. The van der Waals surface area contributed by atoms with Gasteiger partial charge in [-0.05, 0) is 85.3 Å². The zero-order valence-electron chi connectivity index (χ0n) is 16.6. The fraction of sp³-hybridized carbons (Fsp3) is 0.417. The fourth-order valence-electron chi connectivity index (χ4n) is 6.97. The molecule has 0 saturated heterocycles. The van der Waals surface area contributed by atoms with E-state index in [9.17, 15) is 9.65 Å². The van der Waals surface area contributed by atoms with Crippen molar-refractivity contribution in [2.45, 2.75) is 37.6 Å². The van der Waals surface area contributed by atoms with Gasteiger partial charge in [0.1, 0.15) is 11.9 Å². The first-order valence-electron chi connectivity index (χ1n) is 10.4. The maximum absolute atomic E-state index is 14.1. The predicted octanol–water partition coefficient (Wildman–Crippen LogP) is 5.07. The Morgan fingerprint density at radius 2 is 2.07 bits per heavy atom. The van der Waals surface area contributed by atoms with Crippen LogP contribution in [0.15, 0.2) is 36.5 Å². The van der Waals surface area contributed by atoms with Crippen LogP contribution in [0.1, 0.15) is 48.8 Å². The lowest BCUT2D eigenvalue weighted by atomic mass is 9.60. The molecule has 1 aliphatic heterocycles. The molecule has 29 heavy (non-hydrogen) atoms. The molecule has 3 aromatic rings. The third-order valence-electron chi connectivity index (χ3n) is 8.27. The lowest BCUT2D eigenvalue weighted by Crippen LogP contribution is -2.54. The number of halogens is 1. The highest BCUT2D eigenvalue weighted by Gasteiger charge is 2.60. The van der Waals surface area contributed by atoms with Gasteiger partial charge in [0.25, 0.3) is 0 Å². The van der Waals surface area contributed by atoms with Crippen LogP contribution >= 0.6 is 0 Å². The summed E-state index contributed by atoms with van der Waals surface area (Å²) in [7, 11) is 2.16. The number of aromatic nitrogens is 2. The SMILES string of the molecule is CN1c2ccc3[nH]ncc3c2[C@H]2C3CCC(C3)[C@H]2[C@]1(C)c1ccc(F)c(C#N)c1. The molecule has 1 N–H and O–H groups in total. The summed E-state index contributed by atoms with van der Waals surface area (Å²) in [6, 6.07) is 11.5. The summed E-state index contributed by atoms with van der Waals surface area (Å²) in [6.45, 7) is 2.29. The second-order valence-electron chi connectivity index (χ2n) is 9.23. The van der Waals surface area contributed by atoms with E-state index >= 15 is 0 Å². The van der Waals surface area contributed by atoms with Gasteiger partial charge in [0.15, 0.2) is 0 Å². The maximum atomic E-state index is 14.1. The number of benzene rings is 2. The van der Waals surface area contributed by atoms with Gasteiger partial charge in [0, 0.05) is 18.1 Å². The van der Waals surface area contributed by atoms with E-state index in [0.29, 0.717) is 23.7 Å². The summed E-state index contributed by atoms with van der Waals surface area (Å²) in [5, 5.41) is 18.1. The Hall–Kier alpha value is -2.87. The second kappa shape index (κ2) is 5.60. The van der Waals surface area contributed by atoms with Crippen LogP contribution in [0.2, 0.25) is 0 Å². The average Bonchev–Trinajstić information content (AvgIpc) is 3.47. The molecule has 5 atom stereocenters. The number of nitrogens with zero attached hydrogens (tertiary/aromatic N) is 3. The molecule has 4 nitrogen and oxygen atoms in total. The number of fused-ring (bicyclic) bond motifs is 9. The van der Waals surface area contributed by atoms with E-state index in [2.05, 4.69) is 41.2 Å². The van der Waals surface area contributed by atoms with E-state index in [1.165, 1.54) is 42.0 Å². The third-order valence-corrected chi connectivity index (χ3v) is 8.27. The minimum Gasteiger partial charge on any atom is -0.365 e. The van der Waals surface area contributed by atoms with Gasteiger partial charge >= 0.3 is 0 Å². The highest BCUT2D eigenvalue weighted by molar-refractivity contribution is 5.89. The van der Waals surface area contributed by atoms with Crippen LogP contribution in [-0.2, 0) is 5.54 Å². The minimum atomic E-state index is -0.441. The molecule has 2 aromatic carbocycles. The molecule has 0 spiro atoms. The van der Waals surface area contributed by atoms with Crippen LogP contribution in [-0.4, -0.2) is 17.2 Å². The molecular formula is C24H23FN4. The number of nitrogens with one attached hydrogen (secondary N) is 1. The van der Waals surface area contributed by atoms with Gasteiger partial charge in [-0.3, -0.25) is 5.10 Å². The normalized spacial score (nSPS) is 32.3. The summed E-state index contributed by atoms with van der Waals surface area (Å²) in [5.41, 5.74) is 4.64. The largest absolute Gasteiger partial charge is 0.365 e. The zero-order chi connectivity index (χ0) is 19.9. The molecule has 2 saturated carbocycles. The van der Waals surface area contributed by atoms with Crippen molar-refractivity contribution in [1.29, 1.82) is 5.26 Å². The molecule has 2 aliphatic carbocycles. The van der Waals surface area contributed by atoms with Gasteiger partial charge in [0.2, 0.25) is 0 Å². The summed E-state index contributed by atoms with van der Waals surface area (Å²) in [6.07, 6.45) is 5.78. The minimum absolute atomic E-state index is 0.132. The Kier molecular flexibility index (Phi) is 3.29. The van der Waals surface area contributed by atoms with Crippen molar-refractivity contribution in [1.82, 2.24) is 10.2 Å². The Bertz CT molecular complexity index is 1190. The standard InChI is InChI=1S/C24H23FN4/c1-24(16-5-6-18(25)15(10-16)11-26)23-14-4-3-13(9-14)21(23)22-17-12-27-28-19(17)7-8-20(22)29(24)2/h5-8,10,12-14,21,23H,3-4,9H2,1-2H3,(H,27,28)/t13?,14?,21-,23-,24+/m1/s1. The van der Waals surface area contributed by atoms with Crippen LogP contribution in [0.4, 0.5) is 10.1 Å². The molecule has 2 fully saturated rings. The number of H-pyrrole nitrogens is 1. The van der Waals surface area contributed by atoms with E-state index in [1.54, 1.807) is 6.07 Å². The van der Waals surface area contributed by atoms with Crippen molar-refractivity contribution in [2.24, 2.45) is 17.8 Å².